The first kappa shape index (κ1) is 18.7. The Morgan fingerprint density at radius 1 is 0.815 bits per heavy atom. The van der Waals surface area contributed by atoms with Crippen molar-refractivity contribution in [3.05, 3.63) is 77.9 Å². The predicted molar refractivity (Wildman–Crippen MR) is 109 cm³/mol. The molecule has 0 saturated heterocycles. The van der Waals surface area contributed by atoms with Gasteiger partial charge in [0.15, 0.2) is 0 Å². The van der Waals surface area contributed by atoms with Crippen LogP contribution < -0.4 is 0 Å². The summed E-state index contributed by atoms with van der Waals surface area (Å²) < 4.78 is 5.45. The monoisotopic (exact) mass is 360 g/mol. The van der Waals surface area contributed by atoms with E-state index < -0.39 is 11.6 Å². The fraction of sp³-hybridized carbons (Fsp3) is 0.208. The fourth-order valence-electron chi connectivity index (χ4n) is 3.06. The molecule has 0 bridgehead atoms. The van der Waals surface area contributed by atoms with Crippen LogP contribution in [0.1, 0.15) is 36.7 Å². The number of benzene rings is 3. The Morgan fingerprint density at radius 3 is 2.04 bits per heavy atom. The van der Waals surface area contributed by atoms with Crippen molar-refractivity contribution in [3.8, 4) is 28.0 Å². The average Bonchev–Trinajstić information content (AvgIpc) is 2.63. The van der Waals surface area contributed by atoms with Gasteiger partial charge in [-0.1, -0.05) is 54.6 Å². The molecule has 0 aliphatic rings. The molecule has 0 spiro atoms. The molecule has 0 radical (unpaired) electrons. The number of esters is 1. The van der Waals surface area contributed by atoms with E-state index in [-0.39, 0.29) is 5.75 Å². The molecule has 0 aromatic heterocycles. The van der Waals surface area contributed by atoms with Crippen LogP contribution in [0.25, 0.3) is 22.3 Å². The molecule has 3 aromatic rings. The van der Waals surface area contributed by atoms with Gasteiger partial charge in [-0.15, -0.1) is 0 Å². The van der Waals surface area contributed by atoms with Crippen molar-refractivity contribution >= 4 is 5.97 Å². The van der Waals surface area contributed by atoms with E-state index in [1.807, 2.05) is 75.4 Å². The lowest BCUT2D eigenvalue weighted by atomic mass is 9.92. The number of hydrogen-bond donors (Lipinski definition) is 1. The van der Waals surface area contributed by atoms with Crippen LogP contribution in [0.4, 0.5) is 0 Å². The third kappa shape index (κ3) is 4.03. The van der Waals surface area contributed by atoms with Crippen LogP contribution in [0.2, 0.25) is 0 Å². The number of ether oxygens (including phenoxy) is 1. The van der Waals surface area contributed by atoms with Crippen molar-refractivity contribution < 1.29 is 14.6 Å². The second-order valence-corrected chi connectivity index (χ2v) is 7.55. The summed E-state index contributed by atoms with van der Waals surface area (Å²) in [5.74, 6) is -0.333. The normalized spacial score (nSPS) is 11.3. The van der Waals surface area contributed by atoms with Crippen LogP contribution in [-0.2, 0) is 4.74 Å². The van der Waals surface area contributed by atoms with Crippen molar-refractivity contribution in [2.45, 2.75) is 33.3 Å². The molecule has 27 heavy (non-hydrogen) atoms. The van der Waals surface area contributed by atoms with Crippen molar-refractivity contribution in [2.75, 3.05) is 0 Å². The number of carbonyl (C=O) groups excluding carboxylic acids is 1. The van der Waals surface area contributed by atoms with Gasteiger partial charge < -0.3 is 9.84 Å². The van der Waals surface area contributed by atoms with Crippen LogP contribution in [0, 0.1) is 6.92 Å². The molecule has 3 aromatic carbocycles. The van der Waals surface area contributed by atoms with E-state index in [9.17, 15) is 9.90 Å². The maximum atomic E-state index is 12.4. The summed E-state index contributed by atoms with van der Waals surface area (Å²) in [6.07, 6.45) is 0. The number of rotatable bonds is 3. The average molecular weight is 360 g/mol. The van der Waals surface area contributed by atoms with E-state index in [1.54, 1.807) is 19.1 Å². The predicted octanol–water partition coefficient (Wildman–Crippen LogP) is 5.99. The van der Waals surface area contributed by atoms with Crippen LogP contribution in [0.15, 0.2) is 66.7 Å². The van der Waals surface area contributed by atoms with Crippen molar-refractivity contribution in [1.29, 1.82) is 0 Å². The van der Waals surface area contributed by atoms with Crippen molar-refractivity contribution in [3.63, 3.8) is 0 Å². The van der Waals surface area contributed by atoms with Gasteiger partial charge in [0, 0.05) is 11.1 Å². The zero-order valence-corrected chi connectivity index (χ0v) is 16.1. The minimum atomic E-state index is -0.586. The molecule has 1 N–H and O–H groups in total. The number of phenolic OH excluding ortho intramolecular Hbond substituents is 1. The molecule has 3 nitrogen and oxygen atoms in total. The first-order valence-corrected chi connectivity index (χ1v) is 8.98. The minimum absolute atomic E-state index is 0.0988. The molecule has 3 rings (SSSR count). The highest BCUT2D eigenvalue weighted by Crippen LogP contribution is 2.39. The highest BCUT2D eigenvalue weighted by molar-refractivity contribution is 5.95. The molecule has 0 amide bonds. The SMILES string of the molecule is Cc1c(C(=O)OC(C)(C)C)ccc(-c2ccccc2-c2ccccc2)c1O. The summed E-state index contributed by atoms with van der Waals surface area (Å²) in [5.41, 5.74) is 4.02. The Balaban J connectivity index is 2.08. The van der Waals surface area contributed by atoms with Gasteiger partial charge in [-0.3, -0.25) is 0 Å². The summed E-state index contributed by atoms with van der Waals surface area (Å²) >= 11 is 0. The number of aromatic hydroxyl groups is 1. The molecule has 138 valence electrons. The van der Waals surface area contributed by atoms with Gasteiger partial charge in [0.25, 0.3) is 0 Å². The zero-order chi connectivity index (χ0) is 19.6. The van der Waals surface area contributed by atoms with Gasteiger partial charge in [0.05, 0.1) is 5.56 Å². The largest absolute Gasteiger partial charge is 0.507 e. The van der Waals surface area contributed by atoms with Gasteiger partial charge in [0.1, 0.15) is 11.4 Å². The summed E-state index contributed by atoms with van der Waals surface area (Å²) in [6, 6.07) is 21.5. The van der Waals surface area contributed by atoms with Gasteiger partial charge in [-0.2, -0.15) is 0 Å². The summed E-state index contributed by atoms with van der Waals surface area (Å²) in [5, 5.41) is 10.8. The lowest BCUT2D eigenvalue weighted by Crippen LogP contribution is -2.24. The number of carbonyl (C=O) groups is 1. The third-order valence-corrected chi connectivity index (χ3v) is 4.35. The third-order valence-electron chi connectivity index (χ3n) is 4.35. The molecule has 0 fully saturated rings. The summed E-state index contributed by atoms with van der Waals surface area (Å²) in [6.45, 7) is 7.21. The standard InChI is InChI=1S/C24H24O3/c1-16-18(23(26)27-24(2,3)4)14-15-21(22(16)25)20-13-9-8-12-19(20)17-10-6-5-7-11-17/h5-15,25H,1-4H3. The van der Waals surface area contributed by atoms with Crippen molar-refractivity contribution in [1.82, 2.24) is 0 Å². The maximum Gasteiger partial charge on any atom is 0.339 e. The molecular formula is C24H24O3. The first-order valence-electron chi connectivity index (χ1n) is 8.98. The molecule has 0 saturated carbocycles. The number of phenols is 1. The Hall–Kier alpha value is -3.07. The van der Waals surface area contributed by atoms with Crippen molar-refractivity contribution in [2.24, 2.45) is 0 Å². The first-order chi connectivity index (χ1) is 12.8. The Labute approximate surface area is 160 Å². The van der Waals surface area contributed by atoms with E-state index in [0.29, 0.717) is 16.7 Å². The van der Waals surface area contributed by atoms with Crippen LogP contribution >= 0.6 is 0 Å². The van der Waals surface area contributed by atoms with Gasteiger partial charge in [0.2, 0.25) is 0 Å². The second kappa shape index (κ2) is 7.28. The van der Waals surface area contributed by atoms with Gasteiger partial charge in [-0.25, -0.2) is 4.79 Å². The number of hydrogen-bond acceptors (Lipinski definition) is 3. The highest BCUT2D eigenvalue weighted by Gasteiger charge is 2.22. The lowest BCUT2D eigenvalue weighted by molar-refractivity contribution is 0.00683. The second-order valence-electron chi connectivity index (χ2n) is 7.55. The molecule has 0 aliphatic heterocycles. The van der Waals surface area contributed by atoms with E-state index >= 15 is 0 Å². The van der Waals surface area contributed by atoms with Gasteiger partial charge in [-0.05, 0) is 56.5 Å². The van der Waals surface area contributed by atoms with Gasteiger partial charge >= 0.3 is 5.97 Å². The van der Waals surface area contributed by atoms with Crippen LogP contribution in [-0.4, -0.2) is 16.7 Å². The molecule has 0 heterocycles. The molecular weight excluding hydrogens is 336 g/mol. The van der Waals surface area contributed by atoms with E-state index in [4.69, 9.17) is 4.74 Å². The summed E-state index contributed by atoms with van der Waals surface area (Å²) in [7, 11) is 0. The minimum Gasteiger partial charge on any atom is -0.507 e. The maximum absolute atomic E-state index is 12.4. The molecule has 0 unspecified atom stereocenters. The van der Waals surface area contributed by atoms with Crippen LogP contribution in [0.3, 0.4) is 0 Å². The zero-order valence-electron chi connectivity index (χ0n) is 16.1. The highest BCUT2D eigenvalue weighted by atomic mass is 16.6. The smallest absolute Gasteiger partial charge is 0.339 e. The Kier molecular flexibility index (Phi) is 5.04. The van der Waals surface area contributed by atoms with E-state index in [1.165, 1.54) is 0 Å². The summed E-state index contributed by atoms with van der Waals surface area (Å²) in [4.78, 5) is 12.4. The van der Waals surface area contributed by atoms with E-state index in [0.717, 1.165) is 16.7 Å². The van der Waals surface area contributed by atoms with E-state index in [2.05, 4.69) is 0 Å². The molecule has 3 heteroatoms. The van der Waals surface area contributed by atoms with Crippen LogP contribution in [0.5, 0.6) is 5.75 Å². The topological polar surface area (TPSA) is 46.5 Å². The molecule has 0 atom stereocenters. The quantitative estimate of drug-likeness (QED) is 0.584. The fourth-order valence-corrected chi connectivity index (χ4v) is 3.06. The Morgan fingerprint density at radius 2 is 1.41 bits per heavy atom. The lowest BCUT2D eigenvalue weighted by Gasteiger charge is -2.21. The molecule has 0 aliphatic carbocycles. The Bertz CT molecular complexity index is 967.